The molecule has 2 aromatic rings. The molecule has 8 heteroatoms. The van der Waals surface area contributed by atoms with Crippen LogP contribution in [0.4, 0.5) is 11.5 Å². The van der Waals surface area contributed by atoms with Crippen molar-refractivity contribution in [2.75, 3.05) is 5.32 Å². The molecule has 1 heterocycles. The molecule has 1 aromatic carbocycles. The normalized spacial score (nSPS) is 14.0. The zero-order valence-corrected chi connectivity index (χ0v) is 15.2. The molecule has 0 bridgehead atoms. The van der Waals surface area contributed by atoms with Crippen molar-refractivity contribution in [2.45, 2.75) is 24.0 Å². The molecule has 21 heavy (non-hydrogen) atoms. The van der Waals surface area contributed by atoms with Crippen molar-refractivity contribution in [3.05, 3.63) is 39.3 Å². The summed E-state index contributed by atoms with van der Waals surface area (Å²) in [7, 11) is -2.90. The Labute approximate surface area is 142 Å². The van der Waals surface area contributed by atoms with Gasteiger partial charge in [0.15, 0.2) is 9.65 Å². The molecule has 0 saturated heterocycles. The molecule has 0 aliphatic rings. The molecule has 1 aromatic heterocycles. The highest BCUT2D eigenvalue weighted by atomic mass is 127. The third-order valence-corrected chi connectivity index (χ3v) is 5.98. The van der Waals surface area contributed by atoms with Crippen LogP contribution in [0.15, 0.2) is 35.4 Å². The molecule has 2 N–H and O–H groups in total. The van der Waals surface area contributed by atoms with E-state index in [0.717, 1.165) is 0 Å². The fraction of sp³-hybridized carbons (Fsp3) is 0.231. The van der Waals surface area contributed by atoms with Crippen LogP contribution in [0.25, 0.3) is 0 Å². The molecule has 2 rings (SSSR count). The molecule has 1 atom stereocenters. The number of nitrogens with one attached hydrogen (secondary N) is 2. The summed E-state index contributed by atoms with van der Waals surface area (Å²) in [5.41, 5.74) is 0.572. The maximum atomic E-state index is 12.6. The standard InChI is InChI=1S/C13H14ClIN4OS/c1-8(2)21(16,20)11-6-4-3-5-10(11)18-12-9(14)7-17-13(15)19-12/h3-8,16H,1-2H3,(H,17,18,19). The van der Waals surface area contributed by atoms with Gasteiger partial charge in [-0.1, -0.05) is 23.7 Å². The van der Waals surface area contributed by atoms with Crippen LogP contribution in [0.5, 0.6) is 0 Å². The van der Waals surface area contributed by atoms with Gasteiger partial charge in [0.1, 0.15) is 5.02 Å². The largest absolute Gasteiger partial charge is 0.338 e. The lowest BCUT2D eigenvalue weighted by atomic mass is 10.3. The summed E-state index contributed by atoms with van der Waals surface area (Å²) in [4.78, 5) is 8.65. The highest BCUT2D eigenvalue weighted by molar-refractivity contribution is 14.1. The molecule has 1 unspecified atom stereocenters. The van der Waals surface area contributed by atoms with Gasteiger partial charge in [0.05, 0.1) is 26.5 Å². The fourth-order valence-electron chi connectivity index (χ4n) is 1.65. The predicted octanol–water partition coefficient (Wildman–Crippen LogP) is 4.29. The highest BCUT2D eigenvalue weighted by Crippen LogP contribution is 2.30. The summed E-state index contributed by atoms with van der Waals surface area (Å²) in [5.74, 6) is 0.433. The molecule has 0 radical (unpaired) electrons. The molecule has 5 nitrogen and oxygen atoms in total. The van der Waals surface area contributed by atoms with Crippen molar-refractivity contribution in [1.82, 2.24) is 9.97 Å². The minimum atomic E-state index is -2.90. The van der Waals surface area contributed by atoms with Crippen LogP contribution in [0.3, 0.4) is 0 Å². The van der Waals surface area contributed by atoms with E-state index in [4.69, 9.17) is 16.4 Å². The average Bonchev–Trinajstić information content (AvgIpc) is 2.43. The number of hydrogen-bond acceptors (Lipinski definition) is 5. The molecule has 0 fully saturated rings. The summed E-state index contributed by atoms with van der Waals surface area (Å²) >= 11 is 8.05. The zero-order chi connectivity index (χ0) is 15.6. The number of benzene rings is 1. The lowest BCUT2D eigenvalue weighted by Gasteiger charge is -2.16. The average molecular weight is 437 g/mol. The van der Waals surface area contributed by atoms with Gasteiger partial charge in [-0.3, -0.25) is 0 Å². The first-order valence-electron chi connectivity index (χ1n) is 6.14. The smallest absolute Gasteiger partial charge is 0.192 e. The Morgan fingerprint density at radius 2 is 2.05 bits per heavy atom. The van der Waals surface area contributed by atoms with Crippen molar-refractivity contribution in [2.24, 2.45) is 0 Å². The van der Waals surface area contributed by atoms with E-state index in [1.807, 2.05) is 28.7 Å². The van der Waals surface area contributed by atoms with Crippen molar-refractivity contribution < 1.29 is 4.21 Å². The second-order valence-corrected chi connectivity index (χ2v) is 8.56. The summed E-state index contributed by atoms with van der Waals surface area (Å²) in [6.45, 7) is 3.54. The topological polar surface area (TPSA) is 78.7 Å². The molecule has 0 saturated carbocycles. The van der Waals surface area contributed by atoms with Crippen LogP contribution in [0, 0.1) is 8.61 Å². The minimum Gasteiger partial charge on any atom is -0.338 e. The molecule has 0 spiro atoms. The monoisotopic (exact) mass is 436 g/mol. The van der Waals surface area contributed by atoms with E-state index in [-0.39, 0.29) is 5.25 Å². The molecule has 0 aliphatic carbocycles. The van der Waals surface area contributed by atoms with Crippen LogP contribution in [0.2, 0.25) is 5.02 Å². The number of nitrogens with zero attached hydrogens (tertiary/aromatic N) is 2. The van der Waals surface area contributed by atoms with E-state index in [1.165, 1.54) is 6.20 Å². The van der Waals surface area contributed by atoms with Crippen molar-refractivity contribution in [1.29, 1.82) is 4.78 Å². The number of anilines is 2. The SMILES string of the molecule is CC(C)S(=N)(=O)c1ccccc1Nc1nc(I)ncc1Cl. The van der Waals surface area contributed by atoms with Gasteiger partial charge in [0.2, 0.25) is 0 Å². The van der Waals surface area contributed by atoms with Gasteiger partial charge < -0.3 is 5.32 Å². The minimum absolute atomic E-state index is 0.290. The molecular weight excluding hydrogens is 423 g/mol. The van der Waals surface area contributed by atoms with E-state index in [9.17, 15) is 4.21 Å². The van der Waals surface area contributed by atoms with Gasteiger partial charge in [-0.2, -0.15) is 0 Å². The summed E-state index contributed by atoms with van der Waals surface area (Å²) < 4.78 is 21.3. The third-order valence-electron chi connectivity index (χ3n) is 2.85. The van der Waals surface area contributed by atoms with Crippen molar-refractivity contribution >= 4 is 55.4 Å². The van der Waals surface area contributed by atoms with Crippen LogP contribution >= 0.6 is 34.2 Å². The van der Waals surface area contributed by atoms with E-state index < -0.39 is 9.73 Å². The Balaban J connectivity index is 2.49. The number of aromatic nitrogens is 2. The Hall–Kier alpha value is -0.930. The quantitative estimate of drug-likeness (QED) is 0.553. The lowest BCUT2D eigenvalue weighted by Crippen LogP contribution is -2.14. The second kappa shape index (κ2) is 6.45. The van der Waals surface area contributed by atoms with Crippen LogP contribution in [-0.4, -0.2) is 19.4 Å². The Morgan fingerprint density at radius 1 is 1.38 bits per heavy atom. The van der Waals surface area contributed by atoms with Crippen LogP contribution < -0.4 is 5.32 Å². The summed E-state index contributed by atoms with van der Waals surface area (Å²) in [5, 5.41) is 3.13. The van der Waals surface area contributed by atoms with Gasteiger partial charge >= 0.3 is 0 Å². The maximum absolute atomic E-state index is 12.6. The first kappa shape index (κ1) is 16.4. The number of halogens is 2. The highest BCUT2D eigenvalue weighted by Gasteiger charge is 2.19. The van der Waals surface area contributed by atoms with E-state index >= 15 is 0 Å². The molecule has 0 amide bonds. The van der Waals surface area contributed by atoms with Crippen molar-refractivity contribution in [3.63, 3.8) is 0 Å². The number of hydrogen-bond donors (Lipinski definition) is 2. The van der Waals surface area contributed by atoms with Gasteiger partial charge in [0.25, 0.3) is 0 Å². The third kappa shape index (κ3) is 3.64. The van der Waals surface area contributed by atoms with Crippen molar-refractivity contribution in [3.8, 4) is 0 Å². The summed E-state index contributed by atoms with van der Waals surface area (Å²) in [6, 6.07) is 7.03. The molecular formula is C13H14ClIN4OS. The van der Waals surface area contributed by atoms with Gasteiger partial charge in [-0.15, -0.1) is 0 Å². The van der Waals surface area contributed by atoms with Gasteiger partial charge in [-0.25, -0.2) is 19.0 Å². The van der Waals surface area contributed by atoms with Crippen LogP contribution in [-0.2, 0) is 9.73 Å². The van der Waals surface area contributed by atoms with Crippen LogP contribution in [0.1, 0.15) is 13.8 Å². The predicted molar refractivity (Wildman–Crippen MR) is 93.7 cm³/mol. The van der Waals surface area contributed by atoms with E-state index in [2.05, 4.69) is 15.3 Å². The maximum Gasteiger partial charge on any atom is 0.192 e. The van der Waals surface area contributed by atoms with Gasteiger partial charge in [-0.05, 0) is 26.0 Å². The Kier molecular flexibility index (Phi) is 5.05. The fourth-order valence-corrected chi connectivity index (χ4v) is 3.40. The molecule has 112 valence electrons. The Bertz CT molecular complexity index is 765. The first-order chi connectivity index (χ1) is 9.82. The number of para-hydroxylation sites is 1. The van der Waals surface area contributed by atoms with Gasteiger partial charge in [0, 0.05) is 27.8 Å². The second-order valence-electron chi connectivity index (χ2n) is 4.61. The molecule has 0 aliphatic heterocycles. The summed E-state index contributed by atoms with van der Waals surface area (Å²) in [6.07, 6.45) is 1.50. The van der Waals surface area contributed by atoms with E-state index in [1.54, 1.807) is 32.0 Å². The lowest BCUT2D eigenvalue weighted by molar-refractivity contribution is 0.667. The van der Waals surface area contributed by atoms with E-state index in [0.29, 0.717) is 25.3 Å². The number of rotatable bonds is 4. The Morgan fingerprint density at radius 3 is 2.71 bits per heavy atom. The zero-order valence-electron chi connectivity index (χ0n) is 11.4. The first-order valence-corrected chi connectivity index (χ1v) is 9.22.